The van der Waals surface area contributed by atoms with Gasteiger partial charge in [-0.1, -0.05) is 47.8 Å². The molecule has 1 aromatic heterocycles. The van der Waals surface area contributed by atoms with Crippen molar-refractivity contribution in [3.8, 4) is 4.90 Å². The molecule has 0 unspecified atom stereocenters. The molecule has 0 nitrogen and oxygen atoms in total. The van der Waals surface area contributed by atoms with E-state index in [1.54, 1.807) is 0 Å². The van der Waals surface area contributed by atoms with Crippen molar-refractivity contribution in [2.24, 2.45) is 0 Å². The zero-order chi connectivity index (χ0) is 17.0. The zero-order valence-corrected chi connectivity index (χ0v) is 20.7. The van der Waals surface area contributed by atoms with Gasteiger partial charge in [-0.2, -0.15) is 0 Å². The van der Waals surface area contributed by atoms with Gasteiger partial charge in [0.25, 0.3) is 0 Å². The molecule has 0 bridgehead atoms. The quantitative estimate of drug-likeness (QED) is 0.179. The Morgan fingerprint density at radius 3 is 1.46 bits per heavy atom. The van der Waals surface area contributed by atoms with Gasteiger partial charge in [0.15, 0.2) is 9.40 Å². The lowest BCUT2D eigenvalue weighted by Gasteiger charge is -2.02. The van der Waals surface area contributed by atoms with Crippen LogP contribution in [0.15, 0.2) is 70.9 Å². The fraction of sp³-hybridized carbons (Fsp3) is 0. The molecule has 0 aliphatic rings. The van der Waals surface area contributed by atoms with Crippen molar-refractivity contribution >= 4 is 110 Å². The maximum Gasteiger partial charge on any atom is 0.208 e. The van der Waals surface area contributed by atoms with Gasteiger partial charge < -0.3 is 0 Å². The largest absolute Gasteiger partial charge is 0.208 e. The van der Waals surface area contributed by atoms with Crippen molar-refractivity contribution in [2.75, 3.05) is 0 Å². The predicted molar refractivity (Wildman–Crippen MR) is 124 cm³/mol. The Morgan fingerprint density at radius 2 is 1.00 bits per heavy atom. The molecule has 120 valence electrons. The van der Waals surface area contributed by atoms with Crippen molar-refractivity contribution in [1.29, 1.82) is 0 Å². The first-order valence-electron chi connectivity index (χ1n) is 6.94. The lowest BCUT2D eigenvalue weighted by atomic mass is 10.2. The zero-order valence-electron chi connectivity index (χ0n) is 11.9. The number of rotatable bonds is 1. The maximum atomic E-state index is 3.77. The molecule has 0 saturated heterocycles. The third-order valence-electron chi connectivity index (χ3n) is 3.78. The first-order valence-corrected chi connectivity index (χ1v) is 12.1. The lowest BCUT2D eigenvalue weighted by Crippen LogP contribution is -1.78. The van der Waals surface area contributed by atoms with E-state index in [0.29, 0.717) is 0 Å². The molecular formula is C18H8Br5S+. The summed E-state index contributed by atoms with van der Waals surface area (Å²) in [4.78, 5) is 1.28. The molecule has 1 heterocycles. The highest BCUT2D eigenvalue weighted by molar-refractivity contribution is 9.12. The second-order valence-corrected chi connectivity index (χ2v) is 11.6. The number of fused-ring (bicyclic) bond motifs is 3. The Balaban J connectivity index is 2.23. The van der Waals surface area contributed by atoms with Gasteiger partial charge in [0.1, 0.15) is 0 Å². The average Bonchev–Trinajstić information content (AvgIpc) is 2.80. The highest BCUT2D eigenvalue weighted by atomic mass is 79.9. The molecule has 3 aromatic carbocycles. The molecule has 0 spiro atoms. The minimum Gasteiger partial charge on any atom is -0.0508 e. The average molecular weight is 656 g/mol. The fourth-order valence-electron chi connectivity index (χ4n) is 2.84. The van der Waals surface area contributed by atoms with Crippen LogP contribution >= 0.6 is 90.1 Å². The summed E-state index contributed by atoms with van der Waals surface area (Å²) in [6.45, 7) is 0. The van der Waals surface area contributed by atoms with Crippen LogP contribution in [0, 0.1) is 0 Å². The Hall–Kier alpha value is 0.280. The number of thiophene rings is 1. The van der Waals surface area contributed by atoms with Crippen LogP contribution < -0.4 is 0 Å². The van der Waals surface area contributed by atoms with Gasteiger partial charge >= 0.3 is 0 Å². The van der Waals surface area contributed by atoms with Gasteiger partial charge in [0.2, 0.25) is 4.90 Å². The molecule has 4 aromatic rings. The van der Waals surface area contributed by atoms with Gasteiger partial charge in [-0.15, -0.1) is 0 Å². The Kier molecular flexibility index (Phi) is 5.00. The van der Waals surface area contributed by atoms with E-state index in [1.165, 1.54) is 25.1 Å². The van der Waals surface area contributed by atoms with E-state index in [-0.39, 0.29) is 10.5 Å². The Bertz CT molecular complexity index is 1030. The molecule has 4 rings (SSSR count). The van der Waals surface area contributed by atoms with Crippen molar-refractivity contribution in [2.45, 2.75) is 0 Å². The fourth-order valence-corrected chi connectivity index (χ4v) is 9.17. The molecule has 6 heteroatoms. The summed E-state index contributed by atoms with van der Waals surface area (Å²) in [6.07, 6.45) is 0. The van der Waals surface area contributed by atoms with Crippen LogP contribution in [0.4, 0.5) is 0 Å². The first kappa shape index (κ1) is 17.7. The molecule has 0 aliphatic heterocycles. The van der Waals surface area contributed by atoms with Gasteiger partial charge in [-0.25, -0.2) is 0 Å². The van der Waals surface area contributed by atoms with Gasteiger partial charge in [0.05, 0.1) is 8.95 Å². The summed E-state index contributed by atoms with van der Waals surface area (Å²) >= 11 is 18.3. The maximum absolute atomic E-state index is 3.77. The van der Waals surface area contributed by atoms with Crippen LogP contribution in [0.2, 0.25) is 0 Å². The van der Waals surface area contributed by atoms with Crippen LogP contribution in [0.1, 0.15) is 0 Å². The van der Waals surface area contributed by atoms with Gasteiger partial charge in [-0.3, -0.25) is 0 Å². The van der Waals surface area contributed by atoms with Crippen molar-refractivity contribution in [3.63, 3.8) is 0 Å². The van der Waals surface area contributed by atoms with Crippen molar-refractivity contribution in [1.82, 2.24) is 0 Å². The highest BCUT2D eigenvalue weighted by Gasteiger charge is 2.28. The smallest absolute Gasteiger partial charge is 0.0508 e. The summed E-state index contributed by atoms with van der Waals surface area (Å²) in [7, 11) is -0.145. The summed E-state index contributed by atoms with van der Waals surface area (Å²) in [5.74, 6) is 0. The van der Waals surface area contributed by atoms with E-state index in [4.69, 9.17) is 0 Å². The molecule has 24 heavy (non-hydrogen) atoms. The van der Waals surface area contributed by atoms with Crippen LogP contribution in [0.25, 0.3) is 25.1 Å². The second kappa shape index (κ2) is 6.78. The first-order chi connectivity index (χ1) is 11.5. The number of hydrogen-bond acceptors (Lipinski definition) is 0. The van der Waals surface area contributed by atoms with Crippen LogP contribution in [0.3, 0.4) is 0 Å². The summed E-state index contributed by atoms with van der Waals surface area (Å²) < 4.78 is 8.19. The van der Waals surface area contributed by atoms with Crippen molar-refractivity contribution in [3.05, 3.63) is 70.9 Å². The molecule has 0 atom stereocenters. The van der Waals surface area contributed by atoms with Crippen LogP contribution in [-0.4, -0.2) is 0 Å². The van der Waals surface area contributed by atoms with E-state index in [0.717, 1.165) is 22.4 Å². The number of benzene rings is 3. The standard InChI is InChI=1S/C18H8Br5S/c19-9-1-3-16-12(5-9)13-6-10(20)2-4-17(13)24(16)18-14(22)7-11(21)8-15(18)23/h1-8H/q+1. The second-order valence-electron chi connectivity index (χ2n) is 5.29. The van der Waals surface area contributed by atoms with E-state index in [1.807, 2.05) is 0 Å². The highest BCUT2D eigenvalue weighted by Crippen LogP contribution is 2.54. The van der Waals surface area contributed by atoms with Crippen LogP contribution in [0.5, 0.6) is 0 Å². The molecular weight excluding hydrogens is 648 g/mol. The molecule has 0 fully saturated rings. The third-order valence-corrected chi connectivity index (χ3v) is 9.44. The van der Waals surface area contributed by atoms with E-state index < -0.39 is 0 Å². The van der Waals surface area contributed by atoms with E-state index >= 15 is 0 Å². The van der Waals surface area contributed by atoms with Crippen molar-refractivity contribution < 1.29 is 0 Å². The molecule has 0 saturated carbocycles. The van der Waals surface area contributed by atoms with Crippen LogP contribution in [-0.2, 0) is 0 Å². The third kappa shape index (κ3) is 2.97. The summed E-state index contributed by atoms with van der Waals surface area (Å²) in [5, 5.41) is 2.59. The summed E-state index contributed by atoms with van der Waals surface area (Å²) in [5.41, 5.74) is 0. The molecule has 0 aliphatic carbocycles. The van der Waals surface area contributed by atoms with E-state index in [9.17, 15) is 0 Å². The van der Waals surface area contributed by atoms with Gasteiger partial charge in [0, 0.05) is 46.8 Å². The van der Waals surface area contributed by atoms with Gasteiger partial charge in [-0.05, 0) is 68.3 Å². The minimum absolute atomic E-state index is 0.145. The Morgan fingerprint density at radius 1 is 0.542 bits per heavy atom. The molecule has 0 radical (unpaired) electrons. The monoisotopic (exact) mass is 651 g/mol. The number of hydrogen-bond donors (Lipinski definition) is 0. The Labute approximate surface area is 184 Å². The SMILES string of the molecule is Brc1cc(Br)c(-[s+]2c3ccc(Br)cc3c3cc(Br)ccc32)c(Br)c1. The summed E-state index contributed by atoms with van der Waals surface area (Å²) in [6, 6.07) is 17.4. The van der Waals surface area contributed by atoms with E-state index in [2.05, 4.69) is 128 Å². The molecule has 0 amide bonds. The minimum atomic E-state index is -0.145. The molecule has 0 N–H and O–H groups in total. The number of halogens is 5. The normalized spacial score (nSPS) is 11.5. The topological polar surface area (TPSA) is 0 Å². The lowest BCUT2D eigenvalue weighted by molar-refractivity contribution is 1.60. The predicted octanol–water partition coefficient (Wildman–Crippen LogP) is 9.54.